The summed E-state index contributed by atoms with van der Waals surface area (Å²) in [7, 11) is -2.95. The summed E-state index contributed by atoms with van der Waals surface area (Å²) < 4.78 is 24.0. The number of aryl methyl sites for hydroxylation is 1. The van der Waals surface area contributed by atoms with Crippen molar-refractivity contribution in [1.82, 2.24) is 9.55 Å². The number of imidazole rings is 1. The Labute approximate surface area is 90.4 Å². The van der Waals surface area contributed by atoms with Gasteiger partial charge in [0.05, 0.1) is 5.75 Å². The largest absolute Gasteiger partial charge is 0.352 e. The molecule has 0 aromatic carbocycles. The summed E-state index contributed by atoms with van der Waals surface area (Å²) in [4.78, 5) is 4.11. The number of sulfone groups is 1. The number of nitrogens with one attached hydrogen (secondary N) is 1. The molecule has 1 atom stereocenters. The molecule has 0 fully saturated rings. The average molecular weight is 231 g/mol. The lowest BCUT2D eigenvalue weighted by Gasteiger charge is -2.14. The Kier molecular flexibility index (Phi) is 3.73. The second kappa shape index (κ2) is 4.65. The minimum absolute atomic E-state index is 0.115. The van der Waals surface area contributed by atoms with Gasteiger partial charge in [0.25, 0.3) is 0 Å². The fraction of sp³-hybridized carbons (Fsp3) is 0.667. The standard InChI is InChI=1S/C9H17N3O2S/c1-4-12-6-5-10-9(12)11-8(2)7-15(3,13)14/h5-6,8H,4,7H2,1-3H3,(H,10,11). The molecule has 1 aromatic rings. The van der Waals surface area contributed by atoms with Gasteiger partial charge < -0.3 is 9.88 Å². The molecule has 0 aliphatic heterocycles. The average Bonchev–Trinajstić information content (AvgIpc) is 2.48. The summed E-state index contributed by atoms with van der Waals surface area (Å²) in [5.41, 5.74) is 0. The van der Waals surface area contributed by atoms with Crippen molar-refractivity contribution >= 4 is 15.8 Å². The summed E-state index contributed by atoms with van der Waals surface area (Å²) in [6.45, 7) is 4.65. The lowest BCUT2D eigenvalue weighted by Crippen LogP contribution is -2.26. The van der Waals surface area contributed by atoms with Crippen molar-refractivity contribution in [3.63, 3.8) is 0 Å². The maximum absolute atomic E-state index is 11.1. The first kappa shape index (κ1) is 12.0. The van der Waals surface area contributed by atoms with Crippen molar-refractivity contribution in [2.45, 2.75) is 26.4 Å². The molecule has 0 saturated heterocycles. The van der Waals surface area contributed by atoms with Crippen molar-refractivity contribution in [2.75, 3.05) is 17.3 Å². The predicted molar refractivity (Wildman–Crippen MR) is 60.7 cm³/mol. The van der Waals surface area contributed by atoms with Crippen molar-refractivity contribution in [3.05, 3.63) is 12.4 Å². The van der Waals surface area contributed by atoms with Gasteiger partial charge in [0.2, 0.25) is 5.95 Å². The van der Waals surface area contributed by atoms with E-state index >= 15 is 0 Å². The number of rotatable bonds is 5. The lowest BCUT2D eigenvalue weighted by molar-refractivity contribution is 0.597. The molecule has 1 heterocycles. The molecular formula is C9H17N3O2S. The smallest absolute Gasteiger partial charge is 0.202 e. The zero-order valence-electron chi connectivity index (χ0n) is 9.27. The normalized spacial score (nSPS) is 13.8. The van der Waals surface area contributed by atoms with Gasteiger partial charge in [0.1, 0.15) is 9.84 Å². The molecule has 1 rings (SSSR count). The summed E-state index contributed by atoms with van der Waals surface area (Å²) in [6.07, 6.45) is 4.78. The Hall–Kier alpha value is -1.04. The van der Waals surface area contributed by atoms with Crippen LogP contribution in [0, 0.1) is 0 Å². The van der Waals surface area contributed by atoms with E-state index in [-0.39, 0.29) is 11.8 Å². The third kappa shape index (κ3) is 3.91. The van der Waals surface area contributed by atoms with Gasteiger partial charge in [0, 0.05) is 31.2 Å². The second-order valence-corrected chi connectivity index (χ2v) is 5.86. The van der Waals surface area contributed by atoms with Crippen LogP contribution in [0.3, 0.4) is 0 Å². The van der Waals surface area contributed by atoms with Crippen LogP contribution in [0.5, 0.6) is 0 Å². The minimum atomic E-state index is -2.95. The van der Waals surface area contributed by atoms with Crippen LogP contribution in [0.25, 0.3) is 0 Å². The second-order valence-electron chi connectivity index (χ2n) is 3.67. The van der Waals surface area contributed by atoms with Crippen LogP contribution in [0.2, 0.25) is 0 Å². The first-order valence-corrected chi connectivity index (χ1v) is 6.94. The van der Waals surface area contributed by atoms with Crippen molar-refractivity contribution in [3.8, 4) is 0 Å². The monoisotopic (exact) mass is 231 g/mol. The Morgan fingerprint density at radius 2 is 2.27 bits per heavy atom. The fourth-order valence-corrected chi connectivity index (χ4v) is 2.41. The SMILES string of the molecule is CCn1ccnc1NC(C)CS(C)(=O)=O. The van der Waals surface area contributed by atoms with Gasteiger partial charge in [-0.3, -0.25) is 0 Å². The third-order valence-electron chi connectivity index (χ3n) is 1.98. The van der Waals surface area contributed by atoms with Gasteiger partial charge in [-0.15, -0.1) is 0 Å². The molecule has 0 spiro atoms. The van der Waals surface area contributed by atoms with Crippen LogP contribution < -0.4 is 5.32 Å². The maximum atomic E-state index is 11.1. The molecule has 5 nitrogen and oxygen atoms in total. The van der Waals surface area contributed by atoms with E-state index in [4.69, 9.17) is 0 Å². The highest BCUT2D eigenvalue weighted by molar-refractivity contribution is 7.90. The van der Waals surface area contributed by atoms with E-state index < -0.39 is 9.84 Å². The maximum Gasteiger partial charge on any atom is 0.202 e. The molecule has 6 heteroatoms. The van der Waals surface area contributed by atoms with Gasteiger partial charge >= 0.3 is 0 Å². The third-order valence-corrected chi connectivity index (χ3v) is 3.09. The zero-order chi connectivity index (χ0) is 11.5. The van der Waals surface area contributed by atoms with Crippen LogP contribution in [-0.4, -0.2) is 36.0 Å². The topological polar surface area (TPSA) is 64.0 Å². The number of hydrogen-bond acceptors (Lipinski definition) is 4. The van der Waals surface area contributed by atoms with Crippen LogP contribution in [-0.2, 0) is 16.4 Å². The summed E-state index contributed by atoms with van der Waals surface area (Å²) in [5, 5.41) is 3.07. The van der Waals surface area contributed by atoms with Gasteiger partial charge in [-0.25, -0.2) is 13.4 Å². The van der Waals surface area contributed by atoms with Crippen LogP contribution in [0.4, 0.5) is 5.95 Å². The molecule has 0 aliphatic rings. The quantitative estimate of drug-likeness (QED) is 0.812. The molecule has 0 saturated carbocycles. The molecule has 0 radical (unpaired) electrons. The molecule has 15 heavy (non-hydrogen) atoms. The molecular weight excluding hydrogens is 214 g/mol. The molecule has 0 aliphatic carbocycles. The Morgan fingerprint density at radius 3 is 2.80 bits per heavy atom. The molecule has 1 N–H and O–H groups in total. The van der Waals surface area contributed by atoms with E-state index in [1.807, 2.05) is 24.6 Å². The van der Waals surface area contributed by atoms with E-state index in [0.717, 1.165) is 6.54 Å². The van der Waals surface area contributed by atoms with Crippen LogP contribution >= 0.6 is 0 Å². The van der Waals surface area contributed by atoms with Gasteiger partial charge in [-0.2, -0.15) is 0 Å². The molecule has 86 valence electrons. The minimum Gasteiger partial charge on any atom is -0.352 e. The summed E-state index contributed by atoms with van der Waals surface area (Å²) in [5.74, 6) is 0.831. The summed E-state index contributed by atoms with van der Waals surface area (Å²) in [6, 6.07) is -0.132. The van der Waals surface area contributed by atoms with Gasteiger partial charge in [-0.1, -0.05) is 0 Å². The molecule has 0 bridgehead atoms. The number of nitrogens with zero attached hydrogens (tertiary/aromatic N) is 2. The van der Waals surface area contributed by atoms with E-state index in [2.05, 4.69) is 10.3 Å². The molecule has 0 amide bonds. The van der Waals surface area contributed by atoms with Crippen molar-refractivity contribution in [2.24, 2.45) is 0 Å². The van der Waals surface area contributed by atoms with E-state index in [0.29, 0.717) is 5.95 Å². The highest BCUT2D eigenvalue weighted by Crippen LogP contribution is 2.06. The van der Waals surface area contributed by atoms with Crippen molar-refractivity contribution in [1.29, 1.82) is 0 Å². The fourth-order valence-electron chi connectivity index (χ4n) is 1.42. The Morgan fingerprint density at radius 1 is 1.60 bits per heavy atom. The highest BCUT2D eigenvalue weighted by Gasteiger charge is 2.12. The van der Waals surface area contributed by atoms with Crippen LogP contribution in [0.1, 0.15) is 13.8 Å². The van der Waals surface area contributed by atoms with Gasteiger partial charge in [0.15, 0.2) is 0 Å². The summed E-state index contributed by atoms with van der Waals surface area (Å²) >= 11 is 0. The first-order valence-electron chi connectivity index (χ1n) is 4.87. The Balaban J connectivity index is 2.62. The Bertz CT molecular complexity index is 411. The predicted octanol–water partition coefficient (Wildman–Crippen LogP) is 0.748. The molecule has 1 unspecified atom stereocenters. The highest BCUT2D eigenvalue weighted by atomic mass is 32.2. The van der Waals surface area contributed by atoms with E-state index in [1.165, 1.54) is 6.26 Å². The van der Waals surface area contributed by atoms with Crippen LogP contribution in [0.15, 0.2) is 12.4 Å². The van der Waals surface area contributed by atoms with Crippen molar-refractivity contribution < 1.29 is 8.42 Å². The number of hydrogen-bond donors (Lipinski definition) is 1. The van der Waals surface area contributed by atoms with E-state index in [1.54, 1.807) is 6.20 Å². The number of aromatic nitrogens is 2. The lowest BCUT2D eigenvalue weighted by atomic mass is 10.4. The number of anilines is 1. The first-order chi connectivity index (χ1) is 6.92. The van der Waals surface area contributed by atoms with Gasteiger partial charge in [-0.05, 0) is 13.8 Å². The zero-order valence-corrected chi connectivity index (χ0v) is 10.1. The molecule has 1 aromatic heterocycles. The van der Waals surface area contributed by atoms with E-state index in [9.17, 15) is 8.42 Å².